The molecule has 0 spiro atoms. The minimum Gasteiger partial charge on any atom is -0.366 e. The maximum absolute atomic E-state index is 11.1. The van der Waals surface area contributed by atoms with Crippen molar-refractivity contribution in [3.8, 4) is 0 Å². The maximum Gasteiger partial charge on any atom is 0.159 e. The molecular formula is C12H14N2O. The first kappa shape index (κ1) is 11.2. The van der Waals surface area contributed by atoms with Gasteiger partial charge in [0.05, 0.1) is 0 Å². The Morgan fingerprint density at radius 2 is 2.40 bits per heavy atom. The van der Waals surface area contributed by atoms with Crippen LogP contribution in [0, 0.1) is 0 Å². The third-order valence-electron chi connectivity index (χ3n) is 1.95. The summed E-state index contributed by atoms with van der Waals surface area (Å²) in [5.41, 5.74) is 1.53. The van der Waals surface area contributed by atoms with Crippen LogP contribution in [0.4, 0.5) is 5.82 Å². The van der Waals surface area contributed by atoms with E-state index >= 15 is 0 Å². The molecule has 0 bridgehead atoms. The molecule has 1 aromatic heterocycles. The molecule has 0 saturated heterocycles. The topological polar surface area (TPSA) is 42.0 Å². The highest BCUT2D eigenvalue weighted by molar-refractivity contribution is 5.94. The molecule has 0 unspecified atom stereocenters. The molecule has 0 aromatic carbocycles. The van der Waals surface area contributed by atoms with Crippen LogP contribution in [-0.2, 0) is 0 Å². The van der Waals surface area contributed by atoms with Crippen LogP contribution in [0.2, 0.25) is 0 Å². The van der Waals surface area contributed by atoms with E-state index in [2.05, 4.69) is 23.5 Å². The number of hydrogen-bond acceptors (Lipinski definition) is 3. The summed E-state index contributed by atoms with van der Waals surface area (Å²) in [7, 11) is 0. The summed E-state index contributed by atoms with van der Waals surface area (Å²) in [6.07, 6.45) is 3.29. The number of aromatic nitrogens is 1. The number of pyridine rings is 1. The van der Waals surface area contributed by atoms with Crippen molar-refractivity contribution in [3.05, 3.63) is 48.7 Å². The smallest absolute Gasteiger partial charge is 0.159 e. The minimum atomic E-state index is 0.0306. The van der Waals surface area contributed by atoms with Gasteiger partial charge in [-0.15, -0.1) is 0 Å². The molecule has 0 fully saturated rings. The largest absolute Gasteiger partial charge is 0.366 e. The summed E-state index contributed by atoms with van der Waals surface area (Å²) < 4.78 is 0. The monoisotopic (exact) mass is 202 g/mol. The van der Waals surface area contributed by atoms with E-state index < -0.39 is 0 Å². The maximum atomic E-state index is 11.1. The Balaban J connectivity index is 2.69. The number of Topliss-reactive ketones (excluding diaryl/α,β-unsaturated/α-hetero) is 1. The first-order valence-electron chi connectivity index (χ1n) is 4.64. The van der Waals surface area contributed by atoms with Gasteiger partial charge < -0.3 is 5.32 Å². The molecule has 0 amide bonds. The Morgan fingerprint density at radius 1 is 1.67 bits per heavy atom. The first-order chi connectivity index (χ1) is 7.13. The number of nitrogens with zero attached hydrogens (tertiary/aromatic N) is 1. The summed E-state index contributed by atoms with van der Waals surface area (Å²) >= 11 is 0. The van der Waals surface area contributed by atoms with E-state index in [4.69, 9.17) is 0 Å². The Hall–Kier alpha value is -1.90. The standard InChI is InChI=1S/C12H14N2O/c1-4-9(2)8-14-12-7-11(10(3)15)5-6-13-12/h4-7H,1-2,8H2,3H3,(H,13,14). The lowest BCUT2D eigenvalue weighted by Gasteiger charge is -2.05. The average Bonchev–Trinajstić information content (AvgIpc) is 2.26. The van der Waals surface area contributed by atoms with Gasteiger partial charge in [0.25, 0.3) is 0 Å². The molecule has 3 nitrogen and oxygen atoms in total. The molecule has 0 saturated carbocycles. The summed E-state index contributed by atoms with van der Waals surface area (Å²) in [4.78, 5) is 15.2. The fourth-order valence-corrected chi connectivity index (χ4v) is 1.02. The van der Waals surface area contributed by atoms with Crippen molar-refractivity contribution < 1.29 is 4.79 Å². The zero-order chi connectivity index (χ0) is 11.3. The van der Waals surface area contributed by atoms with E-state index in [-0.39, 0.29) is 5.78 Å². The van der Waals surface area contributed by atoms with Crippen molar-refractivity contribution in [3.63, 3.8) is 0 Å². The van der Waals surface area contributed by atoms with E-state index in [1.165, 1.54) is 6.92 Å². The number of nitrogens with one attached hydrogen (secondary N) is 1. The number of hydrogen-bond donors (Lipinski definition) is 1. The molecule has 78 valence electrons. The van der Waals surface area contributed by atoms with Gasteiger partial charge in [-0.05, 0) is 24.6 Å². The van der Waals surface area contributed by atoms with Crippen LogP contribution < -0.4 is 5.32 Å². The lowest BCUT2D eigenvalue weighted by molar-refractivity contribution is 0.101. The summed E-state index contributed by atoms with van der Waals surface area (Å²) in [6.45, 7) is 9.49. The number of rotatable bonds is 5. The number of anilines is 1. The van der Waals surface area contributed by atoms with E-state index in [0.717, 1.165) is 5.57 Å². The average molecular weight is 202 g/mol. The molecule has 0 radical (unpaired) electrons. The summed E-state index contributed by atoms with van der Waals surface area (Å²) in [5.74, 6) is 0.702. The molecule has 0 aliphatic carbocycles. The first-order valence-corrected chi connectivity index (χ1v) is 4.64. The van der Waals surface area contributed by atoms with Crippen molar-refractivity contribution >= 4 is 11.6 Å². The van der Waals surface area contributed by atoms with Crippen LogP contribution in [0.15, 0.2) is 43.1 Å². The second-order valence-corrected chi connectivity index (χ2v) is 3.20. The fraction of sp³-hybridized carbons (Fsp3) is 0.167. The molecule has 1 heterocycles. The molecule has 0 aliphatic rings. The second kappa shape index (κ2) is 5.10. The molecule has 3 heteroatoms. The van der Waals surface area contributed by atoms with Crippen LogP contribution >= 0.6 is 0 Å². The van der Waals surface area contributed by atoms with Crippen LogP contribution in [0.1, 0.15) is 17.3 Å². The minimum absolute atomic E-state index is 0.0306. The van der Waals surface area contributed by atoms with Crippen molar-refractivity contribution in [1.29, 1.82) is 0 Å². The van der Waals surface area contributed by atoms with Gasteiger partial charge in [-0.3, -0.25) is 4.79 Å². The third kappa shape index (κ3) is 3.38. The molecule has 1 N–H and O–H groups in total. The second-order valence-electron chi connectivity index (χ2n) is 3.20. The van der Waals surface area contributed by atoms with Gasteiger partial charge in [-0.25, -0.2) is 4.98 Å². The number of carbonyl (C=O) groups is 1. The third-order valence-corrected chi connectivity index (χ3v) is 1.95. The molecule has 1 rings (SSSR count). The number of ketones is 1. The van der Waals surface area contributed by atoms with Crippen LogP contribution in [-0.4, -0.2) is 17.3 Å². The van der Waals surface area contributed by atoms with Crippen LogP contribution in [0.25, 0.3) is 0 Å². The zero-order valence-electron chi connectivity index (χ0n) is 8.79. The molecule has 0 aliphatic heterocycles. The van der Waals surface area contributed by atoms with Crippen molar-refractivity contribution in [1.82, 2.24) is 4.98 Å². The van der Waals surface area contributed by atoms with Crippen LogP contribution in [0.3, 0.4) is 0 Å². The van der Waals surface area contributed by atoms with E-state index in [1.54, 1.807) is 24.4 Å². The molecular weight excluding hydrogens is 188 g/mol. The predicted octanol–water partition coefficient (Wildman–Crippen LogP) is 2.44. The Labute approximate surface area is 89.5 Å². The van der Waals surface area contributed by atoms with Gasteiger partial charge in [0.1, 0.15) is 5.82 Å². The quantitative estimate of drug-likeness (QED) is 0.589. The molecule has 0 atom stereocenters. The van der Waals surface area contributed by atoms with Crippen molar-refractivity contribution in [2.24, 2.45) is 0 Å². The predicted molar refractivity (Wildman–Crippen MR) is 62.1 cm³/mol. The van der Waals surface area contributed by atoms with E-state index in [0.29, 0.717) is 17.9 Å². The van der Waals surface area contributed by atoms with Gasteiger partial charge in [0.2, 0.25) is 0 Å². The Morgan fingerprint density at radius 3 is 3.00 bits per heavy atom. The van der Waals surface area contributed by atoms with E-state index in [1.807, 2.05) is 0 Å². The fourth-order valence-electron chi connectivity index (χ4n) is 1.02. The highest BCUT2D eigenvalue weighted by atomic mass is 16.1. The zero-order valence-corrected chi connectivity index (χ0v) is 8.79. The highest BCUT2D eigenvalue weighted by Crippen LogP contribution is 2.07. The van der Waals surface area contributed by atoms with Gasteiger partial charge in [0.15, 0.2) is 5.78 Å². The van der Waals surface area contributed by atoms with Crippen molar-refractivity contribution in [2.75, 3.05) is 11.9 Å². The SMILES string of the molecule is C=CC(=C)CNc1cc(C(C)=O)ccn1. The molecule has 1 aromatic rings. The van der Waals surface area contributed by atoms with Crippen LogP contribution in [0.5, 0.6) is 0 Å². The van der Waals surface area contributed by atoms with E-state index in [9.17, 15) is 4.79 Å². The summed E-state index contributed by atoms with van der Waals surface area (Å²) in [6, 6.07) is 3.41. The number of carbonyl (C=O) groups excluding carboxylic acids is 1. The Bertz CT molecular complexity index is 396. The lowest BCUT2D eigenvalue weighted by atomic mass is 10.2. The lowest BCUT2D eigenvalue weighted by Crippen LogP contribution is -2.05. The normalized spacial score (nSPS) is 9.40. The van der Waals surface area contributed by atoms with Crippen molar-refractivity contribution in [2.45, 2.75) is 6.92 Å². The highest BCUT2D eigenvalue weighted by Gasteiger charge is 2.00. The van der Waals surface area contributed by atoms with Gasteiger partial charge in [-0.2, -0.15) is 0 Å². The van der Waals surface area contributed by atoms with Gasteiger partial charge in [-0.1, -0.05) is 19.2 Å². The molecule has 15 heavy (non-hydrogen) atoms. The summed E-state index contributed by atoms with van der Waals surface area (Å²) in [5, 5.41) is 3.06. The Kier molecular flexibility index (Phi) is 3.80. The van der Waals surface area contributed by atoms with Gasteiger partial charge >= 0.3 is 0 Å². The van der Waals surface area contributed by atoms with Gasteiger partial charge in [0, 0.05) is 18.3 Å².